The highest BCUT2D eigenvalue weighted by Crippen LogP contribution is 2.43. The highest BCUT2D eigenvalue weighted by molar-refractivity contribution is 5.15. The molecular formula is C15H21NO. The van der Waals surface area contributed by atoms with E-state index in [0.29, 0.717) is 0 Å². The van der Waals surface area contributed by atoms with Crippen LogP contribution in [0.3, 0.4) is 0 Å². The lowest BCUT2D eigenvalue weighted by atomic mass is 9.92. The molecule has 1 aromatic carbocycles. The average molecular weight is 231 g/mol. The summed E-state index contributed by atoms with van der Waals surface area (Å²) in [5.74, 6) is 1.44. The van der Waals surface area contributed by atoms with Gasteiger partial charge in [0.1, 0.15) is 0 Å². The van der Waals surface area contributed by atoms with Crippen LogP contribution in [0.5, 0.6) is 0 Å². The monoisotopic (exact) mass is 231 g/mol. The zero-order chi connectivity index (χ0) is 11.7. The smallest absolute Gasteiger partial charge is 0.0657 e. The summed E-state index contributed by atoms with van der Waals surface area (Å²) in [7, 11) is 0. The third-order valence-corrected chi connectivity index (χ3v) is 4.49. The summed E-state index contributed by atoms with van der Waals surface area (Å²) in [5, 5.41) is 14.1. The van der Waals surface area contributed by atoms with Gasteiger partial charge in [-0.05, 0) is 56.2 Å². The normalized spacial score (nSPS) is 36.1. The van der Waals surface area contributed by atoms with E-state index in [1.54, 1.807) is 0 Å². The zero-order valence-corrected chi connectivity index (χ0v) is 10.2. The Kier molecular flexibility index (Phi) is 2.93. The first-order valence-electron chi connectivity index (χ1n) is 6.72. The van der Waals surface area contributed by atoms with Gasteiger partial charge in [-0.2, -0.15) is 0 Å². The Morgan fingerprint density at radius 1 is 1.12 bits per heavy atom. The van der Waals surface area contributed by atoms with Gasteiger partial charge < -0.3 is 10.4 Å². The molecule has 1 saturated heterocycles. The van der Waals surface area contributed by atoms with E-state index in [1.165, 1.54) is 5.56 Å². The van der Waals surface area contributed by atoms with Crippen molar-refractivity contribution >= 4 is 0 Å². The molecule has 1 aliphatic carbocycles. The van der Waals surface area contributed by atoms with Gasteiger partial charge >= 0.3 is 0 Å². The van der Waals surface area contributed by atoms with Crippen LogP contribution in [0.4, 0.5) is 0 Å². The molecule has 3 atom stereocenters. The van der Waals surface area contributed by atoms with Gasteiger partial charge in [0.05, 0.1) is 5.60 Å². The Bertz CT molecular complexity index is 364. The first-order chi connectivity index (χ1) is 8.25. The molecule has 2 aliphatic rings. The summed E-state index contributed by atoms with van der Waals surface area (Å²) in [5.41, 5.74) is 0.948. The van der Waals surface area contributed by atoms with Gasteiger partial charge in [0.15, 0.2) is 0 Å². The number of rotatable bonds is 3. The quantitative estimate of drug-likeness (QED) is 0.833. The number of aliphatic hydroxyl groups is 1. The van der Waals surface area contributed by atoms with Crippen LogP contribution in [0.15, 0.2) is 30.3 Å². The molecule has 1 aromatic rings. The van der Waals surface area contributed by atoms with E-state index in [9.17, 15) is 5.11 Å². The minimum absolute atomic E-state index is 0.396. The molecule has 0 radical (unpaired) electrons. The SMILES string of the molecule is OC1(CCc2ccccc2)C[C@H]2CNC[C@H]2C1. The van der Waals surface area contributed by atoms with Crippen LogP contribution in [-0.2, 0) is 6.42 Å². The second kappa shape index (κ2) is 4.43. The molecule has 17 heavy (non-hydrogen) atoms. The summed E-state index contributed by atoms with van der Waals surface area (Å²) in [6.45, 7) is 2.22. The van der Waals surface area contributed by atoms with Crippen molar-refractivity contribution in [3.05, 3.63) is 35.9 Å². The van der Waals surface area contributed by atoms with Crippen LogP contribution >= 0.6 is 0 Å². The van der Waals surface area contributed by atoms with Crippen molar-refractivity contribution in [2.45, 2.75) is 31.3 Å². The van der Waals surface area contributed by atoms with Crippen molar-refractivity contribution in [3.63, 3.8) is 0 Å². The van der Waals surface area contributed by atoms with Crippen molar-refractivity contribution in [1.82, 2.24) is 5.32 Å². The number of nitrogens with one attached hydrogen (secondary N) is 1. The van der Waals surface area contributed by atoms with Gasteiger partial charge in [0, 0.05) is 0 Å². The first-order valence-corrected chi connectivity index (χ1v) is 6.72. The largest absolute Gasteiger partial charge is 0.390 e. The summed E-state index contributed by atoms with van der Waals surface area (Å²) >= 11 is 0. The van der Waals surface area contributed by atoms with Gasteiger partial charge in [-0.1, -0.05) is 30.3 Å². The molecule has 1 aliphatic heterocycles. The topological polar surface area (TPSA) is 32.3 Å². The van der Waals surface area contributed by atoms with Crippen molar-refractivity contribution in [1.29, 1.82) is 0 Å². The molecule has 1 unspecified atom stereocenters. The van der Waals surface area contributed by atoms with Crippen molar-refractivity contribution in [3.8, 4) is 0 Å². The third-order valence-electron chi connectivity index (χ3n) is 4.49. The van der Waals surface area contributed by atoms with Crippen LogP contribution in [0.25, 0.3) is 0 Å². The fourth-order valence-corrected chi connectivity index (χ4v) is 3.55. The van der Waals surface area contributed by atoms with Gasteiger partial charge in [-0.25, -0.2) is 0 Å². The van der Waals surface area contributed by atoms with Gasteiger partial charge in [0.25, 0.3) is 0 Å². The van der Waals surface area contributed by atoms with Crippen LogP contribution in [0, 0.1) is 11.8 Å². The molecule has 0 bridgehead atoms. The minimum Gasteiger partial charge on any atom is -0.390 e. The van der Waals surface area contributed by atoms with E-state index in [-0.39, 0.29) is 0 Å². The number of benzene rings is 1. The van der Waals surface area contributed by atoms with Crippen molar-refractivity contribution < 1.29 is 5.11 Å². The summed E-state index contributed by atoms with van der Waals surface area (Å²) in [6.07, 6.45) is 3.92. The molecule has 1 saturated carbocycles. The van der Waals surface area contributed by atoms with Crippen molar-refractivity contribution in [2.75, 3.05) is 13.1 Å². The first kappa shape index (κ1) is 11.2. The molecule has 92 valence electrons. The molecule has 2 heteroatoms. The second-order valence-electron chi connectivity index (χ2n) is 5.80. The Morgan fingerprint density at radius 3 is 2.41 bits per heavy atom. The summed E-state index contributed by atoms with van der Waals surface area (Å²) in [4.78, 5) is 0. The number of fused-ring (bicyclic) bond motifs is 1. The molecule has 2 fully saturated rings. The Morgan fingerprint density at radius 2 is 1.76 bits per heavy atom. The van der Waals surface area contributed by atoms with E-state index in [4.69, 9.17) is 0 Å². The fraction of sp³-hybridized carbons (Fsp3) is 0.600. The lowest BCUT2D eigenvalue weighted by Gasteiger charge is -2.23. The van der Waals surface area contributed by atoms with Crippen LogP contribution in [-0.4, -0.2) is 23.8 Å². The molecule has 1 heterocycles. The maximum atomic E-state index is 10.6. The lowest BCUT2D eigenvalue weighted by molar-refractivity contribution is 0.0310. The molecular weight excluding hydrogens is 210 g/mol. The average Bonchev–Trinajstić information content (AvgIpc) is 2.86. The summed E-state index contributed by atoms with van der Waals surface area (Å²) in [6, 6.07) is 10.5. The van der Waals surface area contributed by atoms with Crippen molar-refractivity contribution in [2.24, 2.45) is 11.8 Å². The fourth-order valence-electron chi connectivity index (χ4n) is 3.55. The molecule has 2 N–H and O–H groups in total. The third kappa shape index (κ3) is 2.38. The predicted octanol–water partition coefficient (Wildman–Crippen LogP) is 1.98. The lowest BCUT2D eigenvalue weighted by Crippen LogP contribution is -2.28. The van der Waals surface area contributed by atoms with Crippen LogP contribution < -0.4 is 5.32 Å². The van der Waals surface area contributed by atoms with Gasteiger partial charge in [-0.15, -0.1) is 0 Å². The van der Waals surface area contributed by atoms with E-state index >= 15 is 0 Å². The van der Waals surface area contributed by atoms with Crippen LogP contribution in [0.2, 0.25) is 0 Å². The molecule has 0 spiro atoms. The van der Waals surface area contributed by atoms with E-state index < -0.39 is 5.60 Å². The number of aryl methyl sites for hydroxylation is 1. The Balaban J connectivity index is 1.59. The molecule has 2 nitrogen and oxygen atoms in total. The second-order valence-corrected chi connectivity index (χ2v) is 5.80. The Labute approximate surface area is 103 Å². The van der Waals surface area contributed by atoms with E-state index in [0.717, 1.165) is 50.6 Å². The predicted molar refractivity (Wildman–Crippen MR) is 68.8 cm³/mol. The molecule has 0 aromatic heterocycles. The van der Waals surface area contributed by atoms with Gasteiger partial charge in [0.2, 0.25) is 0 Å². The van der Waals surface area contributed by atoms with Gasteiger partial charge in [-0.3, -0.25) is 0 Å². The minimum atomic E-state index is -0.396. The summed E-state index contributed by atoms with van der Waals surface area (Å²) < 4.78 is 0. The van der Waals surface area contributed by atoms with E-state index in [2.05, 4.69) is 29.6 Å². The maximum absolute atomic E-state index is 10.6. The standard InChI is InChI=1S/C15H21NO/c17-15(7-6-12-4-2-1-3-5-12)8-13-10-16-11-14(13)9-15/h1-5,13-14,16-17H,6-11H2/t13-,14+,15?. The van der Waals surface area contributed by atoms with E-state index in [1.807, 2.05) is 6.07 Å². The number of hydrogen-bond acceptors (Lipinski definition) is 2. The molecule has 0 amide bonds. The Hall–Kier alpha value is -0.860. The van der Waals surface area contributed by atoms with Crippen LogP contribution in [0.1, 0.15) is 24.8 Å². The highest BCUT2D eigenvalue weighted by Gasteiger charge is 2.45. The zero-order valence-electron chi connectivity index (χ0n) is 10.2. The maximum Gasteiger partial charge on any atom is 0.0657 e. The molecule has 3 rings (SSSR count). The highest BCUT2D eigenvalue weighted by atomic mass is 16.3. The number of hydrogen-bond donors (Lipinski definition) is 2.